The first-order valence-electron chi connectivity index (χ1n) is 10.1. The lowest BCUT2D eigenvalue weighted by Crippen LogP contribution is -2.32. The zero-order chi connectivity index (χ0) is 23.3. The maximum atomic E-state index is 12.5. The van der Waals surface area contributed by atoms with Crippen LogP contribution in [0.3, 0.4) is 0 Å². The molecular formula is C24H27N3O4S. The molecule has 0 saturated heterocycles. The maximum absolute atomic E-state index is 12.5. The van der Waals surface area contributed by atoms with Crippen LogP contribution in [0.25, 0.3) is 0 Å². The summed E-state index contributed by atoms with van der Waals surface area (Å²) in [5, 5.41) is 8.01. The smallest absolute Gasteiger partial charge is 0.238 e. The van der Waals surface area contributed by atoms with E-state index in [1.54, 1.807) is 36.4 Å². The first-order valence-corrected chi connectivity index (χ1v) is 11.6. The van der Waals surface area contributed by atoms with Crippen LogP contribution in [0.5, 0.6) is 11.5 Å². The highest BCUT2D eigenvalue weighted by Gasteiger charge is 2.16. The highest BCUT2D eigenvalue weighted by molar-refractivity contribution is 7.89. The van der Waals surface area contributed by atoms with E-state index in [4.69, 9.17) is 9.88 Å². The standard InChI is InChI=1S/C24H27N3O4S/c1-17-5-4-6-22(15-17)31-21-11-9-20(10-12-21)26-24(28)16-27(3)18(2)19-7-13-23(14-8-19)32(25,29)30/h4-15,18H,16H2,1-3H3,(H,26,28)(H2,25,29,30). The van der Waals surface area contributed by atoms with Crippen molar-refractivity contribution in [1.29, 1.82) is 0 Å². The van der Waals surface area contributed by atoms with Crippen LogP contribution in [-0.4, -0.2) is 32.8 Å². The Kier molecular flexibility index (Phi) is 7.29. The second-order valence-electron chi connectivity index (χ2n) is 7.70. The SMILES string of the molecule is Cc1cccc(Oc2ccc(NC(=O)CN(C)C(C)c3ccc(S(N)(=O)=O)cc3)cc2)c1. The lowest BCUT2D eigenvalue weighted by atomic mass is 10.1. The Morgan fingerprint density at radius 3 is 2.28 bits per heavy atom. The molecule has 3 rings (SSSR count). The number of primary sulfonamides is 1. The number of nitrogens with zero attached hydrogens (tertiary/aromatic N) is 1. The zero-order valence-corrected chi connectivity index (χ0v) is 19.1. The third-order valence-corrected chi connectivity index (χ3v) is 6.04. The van der Waals surface area contributed by atoms with Crippen molar-refractivity contribution in [2.75, 3.05) is 18.9 Å². The summed E-state index contributed by atoms with van der Waals surface area (Å²) in [6.07, 6.45) is 0. The van der Waals surface area contributed by atoms with E-state index in [9.17, 15) is 13.2 Å². The molecule has 3 aromatic carbocycles. The van der Waals surface area contributed by atoms with E-state index in [1.165, 1.54) is 12.1 Å². The van der Waals surface area contributed by atoms with E-state index in [0.29, 0.717) is 11.4 Å². The molecule has 0 spiro atoms. The van der Waals surface area contributed by atoms with E-state index >= 15 is 0 Å². The van der Waals surface area contributed by atoms with Crippen molar-refractivity contribution in [2.24, 2.45) is 5.14 Å². The van der Waals surface area contributed by atoms with Crippen LogP contribution in [0, 0.1) is 6.92 Å². The highest BCUT2D eigenvalue weighted by atomic mass is 32.2. The number of sulfonamides is 1. The van der Waals surface area contributed by atoms with Crippen molar-refractivity contribution in [3.63, 3.8) is 0 Å². The van der Waals surface area contributed by atoms with Gasteiger partial charge in [0.15, 0.2) is 0 Å². The van der Waals surface area contributed by atoms with Gasteiger partial charge in [-0.05, 0) is 80.6 Å². The van der Waals surface area contributed by atoms with Gasteiger partial charge in [-0.1, -0.05) is 24.3 Å². The van der Waals surface area contributed by atoms with Crippen LogP contribution in [0.1, 0.15) is 24.1 Å². The number of anilines is 1. The van der Waals surface area contributed by atoms with Gasteiger partial charge < -0.3 is 10.1 Å². The summed E-state index contributed by atoms with van der Waals surface area (Å²) in [5.41, 5.74) is 2.67. The number of likely N-dealkylation sites (N-methyl/N-ethyl adjacent to an activating group) is 1. The van der Waals surface area contributed by atoms with E-state index in [0.717, 1.165) is 16.9 Å². The fourth-order valence-electron chi connectivity index (χ4n) is 3.18. The molecule has 0 saturated carbocycles. The van der Waals surface area contributed by atoms with Gasteiger partial charge in [0.05, 0.1) is 11.4 Å². The molecule has 1 amide bonds. The molecule has 8 heteroatoms. The number of amides is 1. The number of ether oxygens (including phenoxy) is 1. The fraction of sp³-hybridized carbons (Fsp3) is 0.208. The summed E-state index contributed by atoms with van der Waals surface area (Å²) in [7, 11) is -1.90. The maximum Gasteiger partial charge on any atom is 0.238 e. The minimum atomic E-state index is -3.73. The molecule has 3 aromatic rings. The van der Waals surface area contributed by atoms with Gasteiger partial charge in [-0.2, -0.15) is 0 Å². The van der Waals surface area contributed by atoms with Gasteiger partial charge in [-0.15, -0.1) is 0 Å². The molecule has 7 nitrogen and oxygen atoms in total. The molecule has 0 aliphatic heterocycles. The van der Waals surface area contributed by atoms with Gasteiger partial charge in [0.25, 0.3) is 0 Å². The van der Waals surface area contributed by atoms with Crippen LogP contribution in [0.2, 0.25) is 0 Å². The molecule has 168 valence electrons. The molecular weight excluding hydrogens is 426 g/mol. The Morgan fingerprint density at radius 2 is 1.69 bits per heavy atom. The van der Waals surface area contributed by atoms with Crippen molar-refractivity contribution in [1.82, 2.24) is 4.90 Å². The van der Waals surface area contributed by atoms with Gasteiger partial charge in [-0.25, -0.2) is 13.6 Å². The lowest BCUT2D eigenvalue weighted by molar-refractivity contribution is -0.117. The number of rotatable bonds is 8. The van der Waals surface area contributed by atoms with Crippen molar-refractivity contribution in [2.45, 2.75) is 24.8 Å². The van der Waals surface area contributed by atoms with Crippen molar-refractivity contribution in [3.05, 3.63) is 83.9 Å². The van der Waals surface area contributed by atoms with Crippen molar-refractivity contribution >= 4 is 21.6 Å². The molecule has 1 atom stereocenters. The summed E-state index contributed by atoms with van der Waals surface area (Å²) < 4.78 is 28.6. The number of hydrogen-bond donors (Lipinski definition) is 2. The summed E-state index contributed by atoms with van der Waals surface area (Å²) in [6, 6.07) is 21.2. The van der Waals surface area contributed by atoms with Crippen LogP contribution in [0.15, 0.2) is 77.7 Å². The van der Waals surface area contributed by atoms with Crippen molar-refractivity contribution < 1.29 is 17.9 Å². The van der Waals surface area contributed by atoms with Crippen LogP contribution >= 0.6 is 0 Å². The molecule has 0 aliphatic carbocycles. The molecule has 3 N–H and O–H groups in total. The summed E-state index contributed by atoms with van der Waals surface area (Å²) in [6.45, 7) is 4.11. The van der Waals surface area contributed by atoms with Crippen LogP contribution in [0.4, 0.5) is 5.69 Å². The van der Waals surface area contributed by atoms with E-state index in [1.807, 2.05) is 50.1 Å². The molecule has 0 heterocycles. The molecule has 0 aliphatic rings. The van der Waals surface area contributed by atoms with Crippen molar-refractivity contribution in [3.8, 4) is 11.5 Å². The Labute approximate surface area is 188 Å². The Bertz CT molecular complexity index is 1180. The van der Waals surface area contributed by atoms with Gasteiger partial charge >= 0.3 is 0 Å². The Balaban J connectivity index is 1.55. The van der Waals surface area contributed by atoms with Gasteiger partial charge in [-0.3, -0.25) is 9.69 Å². The predicted molar refractivity (Wildman–Crippen MR) is 125 cm³/mol. The second kappa shape index (κ2) is 9.95. The number of carbonyl (C=O) groups is 1. The van der Waals surface area contributed by atoms with Gasteiger partial charge in [0.2, 0.25) is 15.9 Å². The molecule has 32 heavy (non-hydrogen) atoms. The first kappa shape index (κ1) is 23.5. The number of hydrogen-bond acceptors (Lipinski definition) is 5. The minimum absolute atomic E-state index is 0.0590. The third-order valence-electron chi connectivity index (χ3n) is 5.11. The molecule has 0 bridgehead atoms. The van der Waals surface area contributed by atoms with E-state index in [2.05, 4.69) is 5.32 Å². The average molecular weight is 454 g/mol. The van der Waals surface area contributed by atoms with Crippen LogP contribution < -0.4 is 15.2 Å². The Hall–Kier alpha value is -3.20. The number of benzene rings is 3. The number of aryl methyl sites for hydroxylation is 1. The van der Waals surface area contributed by atoms with Crippen LogP contribution in [-0.2, 0) is 14.8 Å². The summed E-state index contributed by atoms with van der Waals surface area (Å²) >= 11 is 0. The minimum Gasteiger partial charge on any atom is -0.457 e. The zero-order valence-electron chi connectivity index (χ0n) is 18.3. The average Bonchev–Trinajstić information content (AvgIpc) is 2.74. The summed E-state index contributed by atoms with van der Waals surface area (Å²) in [4.78, 5) is 14.4. The topological polar surface area (TPSA) is 102 Å². The Morgan fingerprint density at radius 1 is 1.03 bits per heavy atom. The highest BCUT2D eigenvalue weighted by Crippen LogP contribution is 2.24. The first-order chi connectivity index (χ1) is 15.1. The van der Waals surface area contributed by atoms with E-state index in [-0.39, 0.29) is 23.4 Å². The number of carbonyl (C=O) groups excluding carboxylic acids is 1. The molecule has 0 fully saturated rings. The molecule has 0 aromatic heterocycles. The normalized spacial score (nSPS) is 12.4. The second-order valence-corrected chi connectivity index (χ2v) is 9.26. The monoisotopic (exact) mass is 453 g/mol. The van der Waals surface area contributed by atoms with E-state index < -0.39 is 10.0 Å². The quantitative estimate of drug-likeness (QED) is 0.535. The fourth-order valence-corrected chi connectivity index (χ4v) is 3.69. The molecule has 0 radical (unpaired) electrons. The predicted octanol–water partition coefficient (Wildman–Crippen LogP) is 4.07. The van der Waals surface area contributed by atoms with Gasteiger partial charge in [0, 0.05) is 11.7 Å². The van der Waals surface area contributed by atoms with Gasteiger partial charge in [0.1, 0.15) is 11.5 Å². The summed E-state index contributed by atoms with van der Waals surface area (Å²) in [5.74, 6) is 1.28. The lowest BCUT2D eigenvalue weighted by Gasteiger charge is -2.24. The molecule has 1 unspecified atom stereocenters. The number of nitrogens with one attached hydrogen (secondary N) is 1. The third kappa shape index (κ3) is 6.40. The number of nitrogens with two attached hydrogens (primary N) is 1. The largest absolute Gasteiger partial charge is 0.457 e.